The minimum absolute atomic E-state index is 0.0682. The van der Waals surface area contributed by atoms with Gasteiger partial charge >= 0.3 is 0 Å². The Bertz CT molecular complexity index is 848. The Morgan fingerprint density at radius 2 is 1.87 bits per heavy atom. The molecule has 0 saturated heterocycles. The van der Waals surface area contributed by atoms with Crippen LogP contribution in [0.2, 0.25) is 5.02 Å². The largest absolute Gasteiger partial charge is 0.485 e. The lowest BCUT2D eigenvalue weighted by Crippen LogP contribution is -2.35. The molecule has 2 aromatic carbocycles. The minimum atomic E-state index is -0.0754. The first-order valence-corrected chi connectivity index (χ1v) is 7.53. The molecular weight excluding hydrogens is 316 g/mol. The monoisotopic (exact) mass is 328 g/mol. The second-order valence-corrected chi connectivity index (χ2v) is 5.82. The third kappa shape index (κ3) is 2.43. The molecule has 0 aromatic heterocycles. The molecule has 0 fully saturated rings. The van der Waals surface area contributed by atoms with E-state index in [1.165, 1.54) is 0 Å². The van der Waals surface area contributed by atoms with Gasteiger partial charge in [-0.15, -0.1) is 0 Å². The van der Waals surface area contributed by atoms with Gasteiger partial charge in [0.1, 0.15) is 23.8 Å². The Labute approximate surface area is 138 Å². The molecule has 5 nitrogen and oxygen atoms in total. The van der Waals surface area contributed by atoms with Crippen LogP contribution in [0.1, 0.15) is 5.56 Å². The van der Waals surface area contributed by atoms with Crippen LogP contribution in [0.4, 0.5) is 11.4 Å². The van der Waals surface area contributed by atoms with Gasteiger partial charge in [-0.2, -0.15) is 0 Å². The zero-order valence-corrected chi connectivity index (χ0v) is 13.1. The van der Waals surface area contributed by atoms with Crippen LogP contribution in [-0.2, 0) is 4.79 Å². The summed E-state index contributed by atoms with van der Waals surface area (Å²) in [5.41, 5.74) is 3.11. The van der Waals surface area contributed by atoms with Crippen molar-refractivity contribution in [2.45, 2.75) is 0 Å². The Hall–Kier alpha value is -2.53. The number of nitrogens with zero attached hydrogens (tertiary/aromatic N) is 2. The maximum atomic E-state index is 11.8. The number of ether oxygens (including phenoxy) is 2. The highest BCUT2D eigenvalue weighted by Crippen LogP contribution is 2.36. The van der Waals surface area contributed by atoms with E-state index in [1.54, 1.807) is 24.1 Å². The fraction of sp³-hybridized carbons (Fsp3) is 0.176. The van der Waals surface area contributed by atoms with Crippen molar-refractivity contribution in [1.82, 2.24) is 0 Å². The number of rotatable bonds is 1. The van der Waals surface area contributed by atoms with E-state index >= 15 is 0 Å². The van der Waals surface area contributed by atoms with E-state index in [2.05, 4.69) is 4.99 Å². The topological polar surface area (TPSA) is 51.1 Å². The molecule has 2 heterocycles. The molecule has 1 amide bonds. The van der Waals surface area contributed by atoms with Crippen molar-refractivity contribution in [3.63, 3.8) is 0 Å². The lowest BCUT2D eigenvalue weighted by atomic mass is 10.1. The quantitative estimate of drug-likeness (QED) is 0.807. The zero-order chi connectivity index (χ0) is 16.0. The Kier molecular flexibility index (Phi) is 3.23. The van der Waals surface area contributed by atoms with E-state index in [9.17, 15) is 4.79 Å². The smallest absolute Gasteiger partial charge is 0.264 e. The molecule has 4 rings (SSSR count). The van der Waals surface area contributed by atoms with Crippen LogP contribution in [0.5, 0.6) is 11.5 Å². The maximum absolute atomic E-state index is 11.8. The minimum Gasteiger partial charge on any atom is -0.485 e. The molecule has 23 heavy (non-hydrogen) atoms. The van der Waals surface area contributed by atoms with Crippen LogP contribution < -0.4 is 14.4 Å². The standard InChI is InChI=1S/C17H13ClN2O3/c1-20-14-6-10(2-4-16(14)23-9-17(20)21)13-8-22-15-5-3-11(18)7-12(15)19-13/h2-7H,8-9H2,1H3. The maximum Gasteiger partial charge on any atom is 0.264 e. The van der Waals surface area contributed by atoms with Gasteiger partial charge in [0.05, 0.1) is 11.4 Å². The van der Waals surface area contributed by atoms with Crippen molar-refractivity contribution in [3.8, 4) is 11.5 Å². The van der Waals surface area contributed by atoms with Crippen LogP contribution in [-0.4, -0.2) is 31.9 Å². The summed E-state index contributed by atoms with van der Waals surface area (Å²) in [6.45, 7) is 0.435. The van der Waals surface area contributed by atoms with Crippen LogP contribution in [0, 0.1) is 0 Å². The summed E-state index contributed by atoms with van der Waals surface area (Å²) in [7, 11) is 1.74. The predicted molar refractivity (Wildman–Crippen MR) is 88.5 cm³/mol. The van der Waals surface area contributed by atoms with Gasteiger partial charge in [0.25, 0.3) is 5.91 Å². The molecule has 0 unspecified atom stereocenters. The van der Waals surface area contributed by atoms with Gasteiger partial charge in [-0.3, -0.25) is 4.79 Å². The molecule has 0 N–H and O–H groups in total. The number of amides is 1. The SMILES string of the molecule is CN1C(=O)COc2ccc(C3=Nc4cc(Cl)ccc4OC3)cc21. The highest BCUT2D eigenvalue weighted by molar-refractivity contribution is 6.31. The highest BCUT2D eigenvalue weighted by atomic mass is 35.5. The normalized spacial score (nSPS) is 16.0. The molecule has 2 aliphatic heterocycles. The first-order chi connectivity index (χ1) is 11.1. The summed E-state index contributed by atoms with van der Waals surface area (Å²) < 4.78 is 11.2. The number of hydrogen-bond donors (Lipinski definition) is 0. The Balaban J connectivity index is 1.76. The van der Waals surface area contributed by atoms with Gasteiger partial charge in [-0.05, 0) is 36.4 Å². The number of likely N-dealkylation sites (N-methyl/N-ethyl adjacent to an activating group) is 1. The van der Waals surface area contributed by atoms with E-state index < -0.39 is 0 Å². The number of fused-ring (bicyclic) bond motifs is 2. The van der Waals surface area contributed by atoms with Gasteiger partial charge in [-0.1, -0.05) is 11.6 Å². The first kappa shape index (κ1) is 14.1. The Morgan fingerprint density at radius 1 is 1.09 bits per heavy atom. The van der Waals surface area contributed by atoms with Gasteiger partial charge in [0, 0.05) is 17.6 Å². The molecule has 0 spiro atoms. The summed E-state index contributed by atoms with van der Waals surface area (Å²) in [5.74, 6) is 1.33. The molecule has 0 radical (unpaired) electrons. The van der Waals surface area contributed by atoms with Crippen molar-refractivity contribution < 1.29 is 14.3 Å². The molecule has 0 atom stereocenters. The molecule has 2 aliphatic rings. The molecule has 6 heteroatoms. The third-order valence-corrected chi connectivity index (χ3v) is 4.15. The molecule has 0 bridgehead atoms. The number of aliphatic imine (C=N–C) groups is 1. The lowest BCUT2D eigenvalue weighted by molar-refractivity contribution is -0.120. The fourth-order valence-electron chi connectivity index (χ4n) is 2.62. The van der Waals surface area contributed by atoms with E-state index in [-0.39, 0.29) is 12.5 Å². The average molecular weight is 329 g/mol. The number of halogens is 1. The molecular formula is C17H13ClN2O3. The van der Waals surface area contributed by atoms with E-state index in [0.29, 0.717) is 28.8 Å². The van der Waals surface area contributed by atoms with Crippen LogP contribution in [0.3, 0.4) is 0 Å². The molecule has 2 aromatic rings. The number of hydrogen-bond acceptors (Lipinski definition) is 4. The van der Waals surface area contributed by atoms with Crippen molar-refractivity contribution in [1.29, 1.82) is 0 Å². The predicted octanol–water partition coefficient (Wildman–Crippen LogP) is 3.21. The van der Waals surface area contributed by atoms with E-state index in [0.717, 1.165) is 17.0 Å². The van der Waals surface area contributed by atoms with Gasteiger partial charge in [-0.25, -0.2) is 4.99 Å². The summed E-state index contributed by atoms with van der Waals surface area (Å²) in [6, 6.07) is 11.0. The van der Waals surface area contributed by atoms with E-state index in [4.69, 9.17) is 21.1 Å². The lowest BCUT2D eigenvalue weighted by Gasteiger charge is -2.26. The highest BCUT2D eigenvalue weighted by Gasteiger charge is 2.24. The van der Waals surface area contributed by atoms with E-state index in [1.807, 2.05) is 24.3 Å². The number of anilines is 1. The van der Waals surface area contributed by atoms with Gasteiger partial charge in [0.2, 0.25) is 0 Å². The summed E-state index contributed by atoms with van der Waals surface area (Å²) in [6.07, 6.45) is 0. The summed E-state index contributed by atoms with van der Waals surface area (Å²) in [5, 5.41) is 0.613. The van der Waals surface area contributed by atoms with Crippen LogP contribution in [0.15, 0.2) is 41.4 Å². The van der Waals surface area contributed by atoms with Crippen molar-refractivity contribution >= 4 is 34.6 Å². The van der Waals surface area contributed by atoms with Crippen molar-refractivity contribution in [2.24, 2.45) is 4.99 Å². The number of carbonyl (C=O) groups is 1. The fourth-order valence-corrected chi connectivity index (χ4v) is 2.79. The number of benzene rings is 2. The molecule has 0 saturated carbocycles. The number of carbonyl (C=O) groups excluding carboxylic acids is 1. The second-order valence-electron chi connectivity index (χ2n) is 5.38. The third-order valence-electron chi connectivity index (χ3n) is 3.92. The second kappa shape index (κ2) is 5.28. The summed E-state index contributed by atoms with van der Waals surface area (Å²) in [4.78, 5) is 18.0. The Morgan fingerprint density at radius 3 is 2.74 bits per heavy atom. The average Bonchev–Trinajstić information content (AvgIpc) is 2.57. The van der Waals surface area contributed by atoms with Crippen molar-refractivity contribution in [2.75, 3.05) is 25.2 Å². The van der Waals surface area contributed by atoms with Gasteiger partial charge in [0.15, 0.2) is 6.61 Å². The van der Waals surface area contributed by atoms with Crippen LogP contribution >= 0.6 is 11.6 Å². The first-order valence-electron chi connectivity index (χ1n) is 7.15. The van der Waals surface area contributed by atoms with Gasteiger partial charge < -0.3 is 14.4 Å². The molecule has 116 valence electrons. The van der Waals surface area contributed by atoms with Crippen molar-refractivity contribution in [3.05, 3.63) is 47.0 Å². The van der Waals surface area contributed by atoms with Crippen LogP contribution in [0.25, 0.3) is 0 Å². The zero-order valence-electron chi connectivity index (χ0n) is 12.4. The molecule has 0 aliphatic carbocycles. The summed E-state index contributed by atoms with van der Waals surface area (Å²) >= 11 is 6.01.